The molecule has 61 valence electrons. The Morgan fingerprint density at radius 2 is 0.800 bits per heavy atom. The van der Waals surface area contributed by atoms with Gasteiger partial charge in [-0.05, 0) is 5.41 Å². The predicted molar refractivity (Wildman–Crippen MR) is 45.4 cm³/mol. The standard InChI is InChI=1S/C5H12.C4H9.Y/c1-5(2,3)4;1-4(2)3;/h1-4H3;1-3H3;/q;-1;. The molecule has 0 saturated heterocycles. The maximum Gasteiger partial charge on any atom is 0 e. The first-order valence-electron chi connectivity index (χ1n) is 3.50. The van der Waals surface area contributed by atoms with Gasteiger partial charge in [0.1, 0.15) is 0 Å². The van der Waals surface area contributed by atoms with E-state index in [1.165, 1.54) is 5.92 Å². The molecule has 0 heterocycles. The van der Waals surface area contributed by atoms with E-state index in [4.69, 9.17) is 0 Å². The van der Waals surface area contributed by atoms with Crippen LogP contribution in [0.15, 0.2) is 0 Å². The van der Waals surface area contributed by atoms with Crippen LogP contribution in [0.5, 0.6) is 0 Å². The van der Waals surface area contributed by atoms with Gasteiger partial charge in [0.05, 0.1) is 0 Å². The van der Waals surface area contributed by atoms with Crippen LogP contribution < -0.4 is 0 Å². The van der Waals surface area contributed by atoms with Crippen molar-refractivity contribution in [2.24, 2.45) is 5.41 Å². The van der Waals surface area contributed by atoms with Crippen LogP contribution >= 0.6 is 0 Å². The predicted octanol–water partition coefficient (Wildman–Crippen LogP) is 3.67. The summed E-state index contributed by atoms with van der Waals surface area (Å²) in [5.41, 5.74) is 0.500. The molecule has 1 radical (unpaired) electrons. The van der Waals surface area contributed by atoms with E-state index in [2.05, 4.69) is 48.5 Å². The zero-order chi connectivity index (χ0) is 8.08. The third-order valence-electron chi connectivity index (χ3n) is 0. The van der Waals surface area contributed by atoms with Gasteiger partial charge in [0.15, 0.2) is 0 Å². The molecule has 0 aromatic rings. The smallest absolute Gasteiger partial charge is 0 e. The van der Waals surface area contributed by atoms with Crippen molar-refractivity contribution in [2.75, 3.05) is 0 Å². The molecule has 1 heteroatoms. The van der Waals surface area contributed by atoms with Crippen LogP contribution in [0.3, 0.4) is 0 Å². The molecule has 0 nitrogen and oxygen atoms in total. The van der Waals surface area contributed by atoms with Crippen LogP contribution in [0.25, 0.3) is 0 Å². The van der Waals surface area contributed by atoms with Crippen LogP contribution in [0.2, 0.25) is 0 Å². The van der Waals surface area contributed by atoms with Crippen molar-refractivity contribution in [3.05, 3.63) is 5.92 Å². The fraction of sp³-hybridized carbons (Fsp3) is 0.889. The fourth-order valence-electron chi connectivity index (χ4n) is 0. The fourth-order valence-corrected chi connectivity index (χ4v) is 0. The van der Waals surface area contributed by atoms with Gasteiger partial charge >= 0.3 is 0 Å². The molecule has 0 N–H and O–H groups in total. The minimum Gasteiger partial charge on any atom is -0.323 e. The van der Waals surface area contributed by atoms with Crippen molar-refractivity contribution < 1.29 is 32.7 Å². The SMILES string of the molecule is CC(C)(C)C.C[C-](C)C.[Y]. The third kappa shape index (κ3) is 491. The van der Waals surface area contributed by atoms with Gasteiger partial charge in [-0.1, -0.05) is 27.7 Å². The molecule has 0 unspecified atom stereocenters. The van der Waals surface area contributed by atoms with Gasteiger partial charge in [-0.25, -0.2) is 0 Å². The Morgan fingerprint density at radius 1 is 0.800 bits per heavy atom. The summed E-state index contributed by atoms with van der Waals surface area (Å²) in [5, 5.41) is 0. The molecule has 10 heavy (non-hydrogen) atoms. The third-order valence-corrected chi connectivity index (χ3v) is 0. The first kappa shape index (κ1) is 17.3. The Bertz CT molecular complexity index is 41.5. The first-order valence-corrected chi connectivity index (χ1v) is 3.50. The van der Waals surface area contributed by atoms with E-state index in [1.807, 2.05) is 0 Å². The van der Waals surface area contributed by atoms with Crippen LogP contribution in [0.1, 0.15) is 48.5 Å². The van der Waals surface area contributed by atoms with E-state index in [-0.39, 0.29) is 32.7 Å². The van der Waals surface area contributed by atoms with Crippen molar-refractivity contribution in [3.8, 4) is 0 Å². The topological polar surface area (TPSA) is 0 Å². The van der Waals surface area contributed by atoms with E-state index in [0.29, 0.717) is 5.41 Å². The van der Waals surface area contributed by atoms with E-state index in [9.17, 15) is 0 Å². The molecule has 0 saturated carbocycles. The van der Waals surface area contributed by atoms with Gasteiger partial charge in [-0.15, -0.1) is 0 Å². The van der Waals surface area contributed by atoms with Crippen LogP contribution in [0.4, 0.5) is 0 Å². The minimum absolute atomic E-state index is 0. The zero-order valence-corrected chi connectivity index (χ0v) is 11.4. The quantitative estimate of drug-likeness (QED) is 0.544. The molecular weight excluding hydrogens is 197 g/mol. The molecule has 0 bridgehead atoms. The Kier molecular flexibility index (Phi) is 14.2. The van der Waals surface area contributed by atoms with E-state index in [1.54, 1.807) is 0 Å². The molecule has 0 aliphatic heterocycles. The van der Waals surface area contributed by atoms with Gasteiger partial charge < -0.3 is 5.92 Å². The Balaban J connectivity index is -0.0000000910. The molecule has 0 rings (SSSR count). The van der Waals surface area contributed by atoms with Crippen molar-refractivity contribution >= 4 is 0 Å². The Hall–Kier alpha value is 1.10. The summed E-state index contributed by atoms with van der Waals surface area (Å²) in [6, 6.07) is 0. The van der Waals surface area contributed by atoms with E-state index < -0.39 is 0 Å². The van der Waals surface area contributed by atoms with Gasteiger partial charge in [0, 0.05) is 32.7 Å². The Morgan fingerprint density at radius 3 is 0.800 bits per heavy atom. The summed E-state index contributed by atoms with van der Waals surface area (Å²) in [6.07, 6.45) is 0. The maximum atomic E-state index is 2.19. The number of hydrogen-bond acceptors (Lipinski definition) is 0. The largest absolute Gasteiger partial charge is 0.323 e. The molecular formula is C9H21Y-. The summed E-state index contributed by atoms with van der Waals surface area (Å²) in [5.74, 6) is 1.42. The summed E-state index contributed by atoms with van der Waals surface area (Å²) in [7, 11) is 0. The van der Waals surface area contributed by atoms with Crippen molar-refractivity contribution in [1.29, 1.82) is 0 Å². The number of rotatable bonds is 0. The van der Waals surface area contributed by atoms with Gasteiger partial charge in [-0.2, -0.15) is 20.8 Å². The van der Waals surface area contributed by atoms with Gasteiger partial charge in [-0.3, -0.25) is 0 Å². The van der Waals surface area contributed by atoms with Gasteiger partial charge in [0.2, 0.25) is 0 Å². The second kappa shape index (κ2) is 8.20. The second-order valence-electron chi connectivity index (χ2n) is 4.50. The molecule has 0 aliphatic rings. The van der Waals surface area contributed by atoms with Crippen molar-refractivity contribution in [3.63, 3.8) is 0 Å². The zero-order valence-electron chi connectivity index (χ0n) is 8.58. The maximum absolute atomic E-state index is 2.19. The molecule has 0 spiro atoms. The van der Waals surface area contributed by atoms with Crippen molar-refractivity contribution in [1.82, 2.24) is 0 Å². The summed E-state index contributed by atoms with van der Waals surface area (Å²) in [6.45, 7) is 15.0. The average Bonchev–Trinajstić information content (AvgIpc) is 1.19. The summed E-state index contributed by atoms with van der Waals surface area (Å²) in [4.78, 5) is 0. The van der Waals surface area contributed by atoms with Crippen LogP contribution in [-0.2, 0) is 32.7 Å². The molecule has 0 aliphatic carbocycles. The summed E-state index contributed by atoms with van der Waals surface area (Å²) < 4.78 is 0. The second-order valence-corrected chi connectivity index (χ2v) is 4.50. The molecule has 0 aromatic heterocycles. The van der Waals surface area contributed by atoms with Gasteiger partial charge in [0.25, 0.3) is 0 Å². The normalized spacial score (nSPS) is 9.60. The van der Waals surface area contributed by atoms with Crippen LogP contribution in [0, 0.1) is 11.3 Å². The summed E-state index contributed by atoms with van der Waals surface area (Å²) >= 11 is 0. The molecule has 0 amide bonds. The first-order chi connectivity index (χ1) is 3.73. The number of hydrogen-bond donors (Lipinski definition) is 0. The van der Waals surface area contributed by atoms with Crippen LogP contribution in [-0.4, -0.2) is 0 Å². The van der Waals surface area contributed by atoms with E-state index in [0.717, 1.165) is 0 Å². The van der Waals surface area contributed by atoms with Crippen molar-refractivity contribution in [2.45, 2.75) is 48.5 Å². The molecule has 0 fully saturated rings. The minimum atomic E-state index is 0. The average molecular weight is 218 g/mol. The monoisotopic (exact) mass is 218 g/mol. The Labute approximate surface area is 92.0 Å². The van der Waals surface area contributed by atoms with E-state index >= 15 is 0 Å². The molecule has 0 atom stereocenters. The molecule has 0 aromatic carbocycles.